The summed E-state index contributed by atoms with van der Waals surface area (Å²) >= 11 is 0. The Labute approximate surface area is 115 Å². The number of methoxy groups -OCH3 is 1. The number of benzene rings is 1. The molecule has 1 aromatic carbocycles. The number of carboxylic acids is 1. The van der Waals surface area contributed by atoms with Crippen LogP contribution in [-0.2, 0) is 7.05 Å². The number of hydrogen-bond acceptors (Lipinski definition) is 4. The molecule has 6 nitrogen and oxygen atoms in total. The Kier molecular flexibility index (Phi) is 3.56. The van der Waals surface area contributed by atoms with Crippen molar-refractivity contribution < 1.29 is 14.6 Å². The Morgan fingerprint density at radius 2 is 2.05 bits per heavy atom. The molecule has 1 N–H and O–H groups in total. The molecule has 104 valence electrons. The molecule has 0 aliphatic heterocycles. The second kappa shape index (κ2) is 5.16. The first kappa shape index (κ1) is 13.8. The summed E-state index contributed by atoms with van der Waals surface area (Å²) in [4.78, 5) is 22.7. The third kappa shape index (κ3) is 2.40. The van der Waals surface area contributed by atoms with E-state index in [1.807, 2.05) is 13.0 Å². The molecule has 0 fully saturated rings. The maximum absolute atomic E-state index is 11.7. The van der Waals surface area contributed by atoms with Crippen LogP contribution in [0.1, 0.15) is 15.9 Å². The van der Waals surface area contributed by atoms with Crippen molar-refractivity contribution in [2.24, 2.45) is 7.05 Å². The molecular formula is C14H14N2O4. The van der Waals surface area contributed by atoms with Crippen LogP contribution < -0.4 is 10.3 Å². The Bertz CT molecular complexity index is 734. The van der Waals surface area contributed by atoms with Crippen molar-refractivity contribution >= 4 is 5.97 Å². The van der Waals surface area contributed by atoms with Gasteiger partial charge in [-0.25, -0.2) is 9.48 Å². The normalized spacial score (nSPS) is 10.3. The summed E-state index contributed by atoms with van der Waals surface area (Å²) in [6.07, 6.45) is 0. The van der Waals surface area contributed by atoms with Crippen LogP contribution in [0.2, 0.25) is 0 Å². The monoisotopic (exact) mass is 274 g/mol. The van der Waals surface area contributed by atoms with Crippen LogP contribution in [0.5, 0.6) is 5.75 Å². The van der Waals surface area contributed by atoms with Gasteiger partial charge in [-0.15, -0.1) is 0 Å². The van der Waals surface area contributed by atoms with Crippen molar-refractivity contribution in [3.05, 3.63) is 45.7 Å². The summed E-state index contributed by atoms with van der Waals surface area (Å²) in [6.45, 7) is 1.88. The van der Waals surface area contributed by atoms with Crippen molar-refractivity contribution in [1.29, 1.82) is 0 Å². The van der Waals surface area contributed by atoms with Crippen LogP contribution in [0.15, 0.2) is 29.1 Å². The van der Waals surface area contributed by atoms with E-state index in [9.17, 15) is 9.59 Å². The summed E-state index contributed by atoms with van der Waals surface area (Å²) in [6, 6.07) is 6.66. The van der Waals surface area contributed by atoms with E-state index in [2.05, 4.69) is 5.10 Å². The highest BCUT2D eigenvalue weighted by Crippen LogP contribution is 2.24. The molecule has 6 heteroatoms. The van der Waals surface area contributed by atoms with Crippen LogP contribution >= 0.6 is 0 Å². The molecule has 0 radical (unpaired) electrons. The molecule has 0 atom stereocenters. The number of aryl methyl sites for hydroxylation is 2. The summed E-state index contributed by atoms with van der Waals surface area (Å²) in [5.74, 6) is -0.531. The van der Waals surface area contributed by atoms with E-state index in [4.69, 9.17) is 9.84 Å². The second-order valence-corrected chi connectivity index (χ2v) is 4.36. The zero-order valence-electron chi connectivity index (χ0n) is 11.4. The van der Waals surface area contributed by atoms with Gasteiger partial charge in [0.2, 0.25) is 0 Å². The quantitative estimate of drug-likeness (QED) is 0.916. The minimum Gasteiger partial charge on any atom is -0.496 e. The fourth-order valence-corrected chi connectivity index (χ4v) is 1.94. The van der Waals surface area contributed by atoms with E-state index in [0.717, 1.165) is 21.6 Å². The highest BCUT2D eigenvalue weighted by molar-refractivity contribution is 5.88. The Balaban J connectivity index is 2.61. The number of aromatic nitrogens is 2. The zero-order valence-corrected chi connectivity index (χ0v) is 11.4. The lowest BCUT2D eigenvalue weighted by molar-refractivity contribution is 0.0694. The van der Waals surface area contributed by atoms with E-state index in [0.29, 0.717) is 5.69 Å². The van der Waals surface area contributed by atoms with Crippen molar-refractivity contribution in [2.45, 2.75) is 6.92 Å². The van der Waals surface area contributed by atoms with Gasteiger partial charge in [-0.2, -0.15) is 5.10 Å². The molecule has 1 heterocycles. The van der Waals surface area contributed by atoms with Crippen LogP contribution in [0.3, 0.4) is 0 Å². The summed E-state index contributed by atoms with van der Waals surface area (Å²) in [7, 11) is 3.00. The molecule has 2 aromatic rings. The molecule has 0 amide bonds. The molecule has 0 saturated heterocycles. The van der Waals surface area contributed by atoms with Gasteiger partial charge in [0.05, 0.1) is 12.8 Å². The standard InChI is InChI=1S/C14H14N2O4/c1-8-6-9(4-5-12(8)20-3)11-7-10(14(18)19)13(17)16(2)15-11/h4-7H,1-3H3,(H,18,19). The number of carbonyl (C=O) groups is 1. The number of hydrogen-bond donors (Lipinski definition) is 1. The number of rotatable bonds is 3. The average Bonchev–Trinajstić information content (AvgIpc) is 2.41. The van der Waals surface area contributed by atoms with E-state index >= 15 is 0 Å². The van der Waals surface area contributed by atoms with Crippen molar-refractivity contribution in [3.8, 4) is 17.0 Å². The third-order valence-electron chi connectivity index (χ3n) is 2.98. The predicted molar refractivity (Wildman–Crippen MR) is 73.2 cm³/mol. The van der Waals surface area contributed by atoms with Gasteiger partial charge < -0.3 is 9.84 Å². The molecule has 0 bridgehead atoms. The van der Waals surface area contributed by atoms with Gasteiger partial charge in [-0.1, -0.05) is 0 Å². The fourth-order valence-electron chi connectivity index (χ4n) is 1.94. The van der Waals surface area contributed by atoms with Gasteiger partial charge in [0, 0.05) is 12.6 Å². The number of carboxylic acid groups (broad SMARTS) is 1. The first-order valence-corrected chi connectivity index (χ1v) is 5.90. The van der Waals surface area contributed by atoms with Gasteiger partial charge >= 0.3 is 5.97 Å². The topological polar surface area (TPSA) is 81.4 Å². The smallest absolute Gasteiger partial charge is 0.341 e. The number of nitrogens with zero attached hydrogens (tertiary/aromatic N) is 2. The van der Waals surface area contributed by atoms with Crippen molar-refractivity contribution in [1.82, 2.24) is 9.78 Å². The molecular weight excluding hydrogens is 260 g/mol. The maximum Gasteiger partial charge on any atom is 0.341 e. The van der Waals surface area contributed by atoms with Gasteiger partial charge in [0.15, 0.2) is 0 Å². The molecule has 20 heavy (non-hydrogen) atoms. The minimum atomic E-state index is -1.26. The molecule has 0 spiro atoms. The van der Waals surface area contributed by atoms with Crippen molar-refractivity contribution in [2.75, 3.05) is 7.11 Å². The van der Waals surface area contributed by atoms with Gasteiger partial charge in [0.25, 0.3) is 5.56 Å². The minimum absolute atomic E-state index is 0.300. The lowest BCUT2D eigenvalue weighted by atomic mass is 10.1. The van der Waals surface area contributed by atoms with Crippen LogP contribution in [0.25, 0.3) is 11.3 Å². The highest BCUT2D eigenvalue weighted by Gasteiger charge is 2.14. The Morgan fingerprint density at radius 3 is 2.60 bits per heavy atom. The highest BCUT2D eigenvalue weighted by atomic mass is 16.5. The third-order valence-corrected chi connectivity index (χ3v) is 2.98. The first-order valence-electron chi connectivity index (χ1n) is 5.90. The average molecular weight is 274 g/mol. The molecule has 1 aromatic heterocycles. The molecule has 0 aliphatic rings. The Hall–Kier alpha value is -2.63. The van der Waals surface area contributed by atoms with Gasteiger partial charge in [-0.3, -0.25) is 4.79 Å². The lowest BCUT2D eigenvalue weighted by Crippen LogP contribution is -2.26. The van der Waals surface area contributed by atoms with Crippen LogP contribution in [-0.4, -0.2) is 28.0 Å². The van der Waals surface area contributed by atoms with E-state index in [1.165, 1.54) is 13.1 Å². The van der Waals surface area contributed by atoms with Gasteiger partial charge in [0.1, 0.15) is 11.3 Å². The SMILES string of the molecule is COc1ccc(-c2cc(C(=O)O)c(=O)n(C)n2)cc1C. The van der Waals surface area contributed by atoms with E-state index < -0.39 is 11.5 Å². The fraction of sp³-hybridized carbons (Fsp3) is 0.214. The van der Waals surface area contributed by atoms with E-state index in [-0.39, 0.29) is 5.56 Å². The van der Waals surface area contributed by atoms with Crippen LogP contribution in [0.4, 0.5) is 0 Å². The molecule has 0 unspecified atom stereocenters. The largest absolute Gasteiger partial charge is 0.496 e. The second-order valence-electron chi connectivity index (χ2n) is 4.36. The summed E-state index contributed by atoms with van der Waals surface area (Å²) in [5, 5.41) is 13.1. The summed E-state index contributed by atoms with van der Waals surface area (Å²) in [5.41, 5.74) is 1.12. The van der Waals surface area contributed by atoms with Gasteiger partial charge in [-0.05, 0) is 36.8 Å². The molecule has 0 saturated carbocycles. The molecule has 0 aliphatic carbocycles. The lowest BCUT2D eigenvalue weighted by Gasteiger charge is -2.08. The predicted octanol–water partition coefficient (Wildman–Crippen LogP) is 1.46. The number of ether oxygens (including phenoxy) is 1. The van der Waals surface area contributed by atoms with E-state index in [1.54, 1.807) is 19.2 Å². The maximum atomic E-state index is 11.7. The van der Waals surface area contributed by atoms with Crippen molar-refractivity contribution in [3.63, 3.8) is 0 Å². The zero-order chi connectivity index (χ0) is 14.9. The summed E-state index contributed by atoms with van der Waals surface area (Å²) < 4.78 is 6.20. The Morgan fingerprint density at radius 1 is 1.35 bits per heavy atom. The number of aromatic carboxylic acids is 1. The molecule has 2 rings (SSSR count). The van der Waals surface area contributed by atoms with Crippen LogP contribution in [0, 0.1) is 6.92 Å². The first-order chi connectivity index (χ1) is 9.43.